The summed E-state index contributed by atoms with van der Waals surface area (Å²) in [5, 5.41) is 7.77. The quantitative estimate of drug-likeness (QED) is 0.814. The maximum Gasteiger partial charge on any atom is 0.166 e. The van der Waals surface area contributed by atoms with Crippen LogP contribution in [0.5, 0.6) is 0 Å². The summed E-state index contributed by atoms with van der Waals surface area (Å²) in [7, 11) is 1.62. The van der Waals surface area contributed by atoms with E-state index in [1.54, 1.807) is 30.1 Å². The summed E-state index contributed by atoms with van der Waals surface area (Å²) in [4.78, 5) is 0. The van der Waals surface area contributed by atoms with Gasteiger partial charge >= 0.3 is 0 Å². The van der Waals surface area contributed by atoms with Crippen molar-refractivity contribution in [1.29, 1.82) is 0 Å². The molecule has 0 aliphatic heterocycles. The van der Waals surface area contributed by atoms with Crippen LogP contribution < -0.4 is 0 Å². The van der Waals surface area contributed by atoms with Gasteiger partial charge in [-0.05, 0) is 19.1 Å². The van der Waals surface area contributed by atoms with Gasteiger partial charge in [-0.1, -0.05) is 11.6 Å². The topological polar surface area (TPSA) is 39.9 Å². The van der Waals surface area contributed by atoms with Crippen molar-refractivity contribution in [2.45, 2.75) is 13.5 Å². The number of hydrogen-bond acceptors (Lipinski definition) is 3. The Bertz CT molecular complexity index is 510. The highest BCUT2D eigenvalue weighted by molar-refractivity contribution is 5.57. The third kappa shape index (κ3) is 2.50. The molecule has 0 aliphatic carbocycles. The van der Waals surface area contributed by atoms with Crippen molar-refractivity contribution in [1.82, 2.24) is 14.8 Å². The molecule has 0 bridgehead atoms. The van der Waals surface area contributed by atoms with E-state index in [4.69, 9.17) is 4.74 Å². The monoisotopic (exact) mass is 235 g/mol. The van der Waals surface area contributed by atoms with Crippen molar-refractivity contribution < 1.29 is 9.13 Å². The van der Waals surface area contributed by atoms with Crippen LogP contribution in [0.3, 0.4) is 0 Å². The second kappa shape index (κ2) is 5.05. The number of rotatable bonds is 4. The van der Waals surface area contributed by atoms with E-state index in [1.165, 1.54) is 6.07 Å². The Labute approximate surface area is 99.1 Å². The molecule has 0 N–H and O–H groups in total. The second-order valence-corrected chi connectivity index (χ2v) is 3.82. The number of halogens is 1. The number of hydrogen-bond donors (Lipinski definition) is 0. The Morgan fingerprint density at radius 2 is 2.24 bits per heavy atom. The lowest BCUT2D eigenvalue weighted by Gasteiger charge is -2.07. The minimum absolute atomic E-state index is 0.290. The largest absolute Gasteiger partial charge is 0.383 e. The smallest absolute Gasteiger partial charge is 0.166 e. The summed E-state index contributed by atoms with van der Waals surface area (Å²) >= 11 is 0. The summed E-state index contributed by atoms with van der Waals surface area (Å²) in [6, 6.07) is 4.94. The van der Waals surface area contributed by atoms with Crippen molar-refractivity contribution in [2.75, 3.05) is 13.7 Å². The van der Waals surface area contributed by atoms with Gasteiger partial charge in [0.15, 0.2) is 5.82 Å². The number of methoxy groups -OCH3 is 1. The van der Waals surface area contributed by atoms with Crippen molar-refractivity contribution in [3.8, 4) is 11.4 Å². The molecule has 0 amide bonds. The first-order chi connectivity index (χ1) is 8.22. The normalized spacial score (nSPS) is 10.8. The van der Waals surface area contributed by atoms with E-state index in [-0.39, 0.29) is 5.82 Å². The molecule has 1 aromatic heterocycles. The first-order valence-electron chi connectivity index (χ1n) is 5.35. The Kier molecular flexibility index (Phi) is 3.49. The van der Waals surface area contributed by atoms with Gasteiger partial charge in [0.2, 0.25) is 0 Å². The molecule has 0 saturated heterocycles. The molecule has 0 fully saturated rings. The summed E-state index contributed by atoms with van der Waals surface area (Å²) in [6.45, 7) is 3.06. The van der Waals surface area contributed by atoms with Crippen molar-refractivity contribution in [3.05, 3.63) is 35.9 Å². The van der Waals surface area contributed by atoms with Gasteiger partial charge in [0.1, 0.15) is 12.1 Å². The molecular formula is C12H14FN3O. The average molecular weight is 235 g/mol. The summed E-state index contributed by atoms with van der Waals surface area (Å²) < 4.78 is 20.5. The fourth-order valence-electron chi connectivity index (χ4n) is 1.63. The highest BCUT2D eigenvalue weighted by atomic mass is 19.1. The van der Waals surface area contributed by atoms with Crippen LogP contribution in [0, 0.1) is 12.7 Å². The van der Waals surface area contributed by atoms with Crippen LogP contribution in [0.15, 0.2) is 24.5 Å². The molecule has 2 aromatic rings. The molecule has 5 heteroatoms. The molecule has 17 heavy (non-hydrogen) atoms. The fraction of sp³-hybridized carbons (Fsp3) is 0.333. The van der Waals surface area contributed by atoms with Gasteiger partial charge in [0.05, 0.1) is 12.2 Å². The van der Waals surface area contributed by atoms with Crippen LogP contribution in [-0.4, -0.2) is 28.5 Å². The number of nitrogens with zero attached hydrogens (tertiary/aromatic N) is 3. The Hall–Kier alpha value is -1.75. The highest BCUT2D eigenvalue weighted by Gasteiger charge is 2.12. The van der Waals surface area contributed by atoms with E-state index >= 15 is 0 Å². The van der Waals surface area contributed by atoms with Crippen LogP contribution in [0.4, 0.5) is 4.39 Å². The van der Waals surface area contributed by atoms with E-state index in [2.05, 4.69) is 10.2 Å². The van der Waals surface area contributed by atoms with Gasteiger partial charge in [0, 0.05) is 13.7 Å². The summed E-state index contributed by atoms with van der Waals surface area (Å²) in [6.07, 6.45) is 1.58. The molecule has 0 radical (unpaired) electrons. The van der Waals surface area contributed by atoms with Gasteiger partial charge in [-0.15, -0.1) is 10.2 Å². The van der Waals surface area contributed by atoms with E-state index in [0.29, 0.717) is 24.5 Å². The van der Waals surface area contributed by atoms with Crippen LogP contribution in [-0.2, 0) is 11.3 Å². The first-order valence-corrected chi connectivity index (χ1v) is 5.35. The zero-order valence-electron chi connectivity index (χ0n) is 9.85. The number of aryl methyl sites for hydroxylation is 1. The molecule has 1 heterocycles. The standard InChI is InChI=1S/C12H14FN3O/c1-9-3-4-11(13)10(7-9)12-15-14-8-16(12)5-6-17-2/h3-4,7-8H,5-6H2,1-2H3. The minimum atomic E-state index is -0.290. The number of benzene rings is 1. The molecule has 1 aromatic carbocycles. The number of aromatic nitrogens is 3. The summed E-state index contributed by atoms with van der Waals surface area (Å²) in [5.74, 6) is 0.241. The number of ether oxygens (including phenoxy) is 1. The van der Waals surface area contributed by atoms with Crippen molar-refractivity contribution in [2.24, 2.45) is 0 Å². The Morgan fingerprint density at radius 1 is 1.41 bits per heavy atom. The molecule has 90 valence electrons. The van der Waals surface area contributed by atoms with E-state index in [1.807, 2.05) is 6.92 Å². The van der Waals surface area contributed by atoms with Crippen LogP contribution >= 0.6 is 0 Å². The van der Waals surface area contributed by atoms with E-state index in [9.17, 15) is 4.39 Å². The lowest BCUT2D eigenvalue weighted by Crippen LogP contribution is -2.05. The van der Waals surface area contributed by atoms with Crippen LogP contribution in [0.1, 0.15) is 5.56 Å². The second-order valence-electron chi connectivity index (χ2n) is 3.82. The third-order valence-electron chi connectivity index (χ3n) is 2.51. The van der Waals surface area contributed by atoms with Gasteiger partial charge in [-0.2, -0.15) is 0 Å². The van der Waals surface area contributed by atoms with Crippen LogP contribution in [0.2, 0.25) is 0 Å². The Morgan fingerprint density at radius 3 is 3.00 bits per heavy atom. The van der Waals surface area contributed by atoms with Gasteiger partial charge in [0.25, 0.3) is 0 Å². The van der Waals surface area contributed by atoms with E-state index in [0.717, 1.165) is 5.56 Å². The third-order valence-corrected chi connectivity index (χ3v) is 2.51. The molecule has 0 aliphatic rings. The van der Waals surface area contributed by atoms with Gasteiger partial charge < -0.3 is 9.30 Å². The maximum atomic E-state index is 13.7. The first kappa shape index (κ1) is 11.7. The Balaban J connectivity index is 2.38. The molecule has 0 spiro atoms. The summed E-state index contributed by atoms with van der Waals surface area (Å²) in [5.41, 5.74) is 1.46. The highest BCUT2D eigenvalue weighted by Crippen LogP contribution is 2.21. The fourth-order valence-corrected chi connectivity index (χ4v) is 1.63. The average Bonchev–Trinajstić information content (AvgIpc) is 2.77. The molecule has 0 saturated carbocycles. The van der Waals surface area contributed by atoms with Crippen molar-refractivity contribution >= 4 is 0 Å². The lowest BCUT2D eigenvalue weighted by molar-refractivity contribution is 0.187. The van der Waals surface area contributed by atoms with E-state index < -0.39 is 0 Å². The molecule has 0 unspecified atom stereocenters. The predicted octanol–water partition coefficient (Wildman–Crippen LogP) is 2.04. The predicted molar refractivity (Wildman–Crippen MR) is 62.0 cm³/mol. The lowest BCUT2D eigenvalue weighted by atomic mass is 10.1. The SMILES string of the molecule is COCCn1cnnc1-c1cc(C)ccc1F. The van der Waals surface area contributed by atoms with Gasteiger partial charge in [-0.25, -0.2) is 4.39 Å². The molecule has 0 atom stereocenters. The molecule has 2 rings (SSSR count). The minimum Gasteiger partial charge on any atom is -0.383 e. The zero-order chi connectivity index (χ0) is 12.3. The van der Waals surface area contributed by atoms with Crippen molar-refractivity contribution in [3.63, 3.8) is 0 Å². The van der Waals surface area contributed by atoms with Crippen LogP contribution in [0.25, 0.3) is 11.4 Å². The maximum absolute atomic E-state index is 13.7. The molecular weight excluding hydrogens is 221 g/mol. The zero-order valence-corrected chi connectivity index (χ0v) is 9.85. The van der Waals surface area contributed by atoms with Gasteiger partial charge in [-0.3, -0.25) is 0 Å². The molecule has 4 nitrogen and oxygen atoms in total.